The van der Waals surface area contributed by atoms with Gasteiger partial charge in [-0.1, -0.05) is 26.7 Å². The highest BCUT2D eigenvalue weighted by atomic mass is 16.2. The molecule has 1 aliphatic heterocycles. The third-order valence-corrected chi connectivity index (χ3v) is 4.91. The molecular weight excluding hydrogens is 266 g/mol. The van der Waals surface area contributed by atoms with Crippen LogP contribution in [0.5, 0.6) is 0 Å². The Hall–Kier alpha value is -1.10. The zero-order valence-electron chi connectivity index (χ0n) is 13.4. The Bertz CT molecular complexity index is 381. The molecular formula is C16H29N3O2. The molecule has 2 aliphatic rings. The first-order valence-corrected chi connectivity index (χ1v) is 8.26. The van der Waals surface area contributed by atoms with Gasteiger partial charge in [0.1, 0.15) is 0 Å². The van der Waals surface area contributed by atoms with Crippen molar-refractivity contribution >= 4 is 11.8 Å². The Morgan fingerprint density at radius 1 is 1.05 bits per heavy atom. The standard InChI is InChI=1S/C16H29N3O2/c1-13(2)11-14(20)18-7-9-19(10-8-18)15(21)16(12-17)5-3-4-6-16/h13H,3-12,17H2,1-2H3. The number of hydrogen-bond acceptors (Lipinski definition) is 3. The first-order chi connectivity index (χ1) is 9.98. The lowest BCUT2D eigenvalue weighted by molar-refractivity contribution is -0.146. The fourth-order valence-corrected chi connectivity index (χ4v) is 3.53. The average Bonchev–Trinajstić information content (AvgIpc) is 2.96. The summed E-state index contributed by atoms with van der Waals surface area (Å²) in [6, 6.07) is 0. The van der Waals surface area contributed by atoms with E-state index in [1.165, 1.54) is 0 Å². The molecule has 0 aromatic rings. The zero-order valence-corrected chi connectivity index (χ0v) is 13.4. The van der Waals surface area contributed by atoms with Crippen LogP contribution in [-0.2, 0) is 9.59 Å². The molecule has 2 fully saturated rings. The predicted octanol–water partition coefficient (Wildman–Crippen LogP) is 1.22. The molecule has 2 amide bonds. The summed E-state index contributed by atoms with van der Waals surface area (Å²) in [5.41, 5.74) is 5.58. The highest BCUT2D eigenvalue weighted by Crippen LogP contribution is 2.39. The van der Waals surface area contributed by atoms with Crippen LogP contribution in [0.3, 0.4) is 0 Å². The molecule has 0 atom stereocenters. The van der Waals surface area contributed by atoms with Gasteiger partial charge in [-0.3, -0.25) is 9.59 Å². The van der Waals surface area contributed by atoms with Crippen molar-refractivity contribution < 1.29 is 9.59 Å². The molecule has 1 saturated heterocycles. The summed E-state index contributed by atoms with van der Waals surface area (Å²) in [4.78, 5) is 28.6. The highest BCUT2D eigenvalue weighted by molar-refractivity contribution is 5.84. The van der Waals surface area contributed by atoms with Gasteiger partial charge in [-0.2, -0.15) is 0 Å². The topological polar surface area (TPSA) is 66.6 Å². The summed E-state index contributed by atoms with van der Waals surface area (Å²) in [6.07, 6.45) is 4.66. The number of nitrogens with two attached hydrogens (primary N) is 1. The molecule has 1 saturated carbocycles. The van der Waals surface area contributed by atoms with Gasteiger partial charge < -0.3 is 15.5 Å². The molecule has 0 aromatic carbocycles. The van der Waals surface area contributed by atoms with Crippen LogP contribution in [0.4, 0.5) is 0 Å². The summed E-state index contributed by atoms with van der Waals surface area (Å²) in [6.45, 7) is 7.22. The van der Waals surface area contributed by atoms with Crippen LogP contribution in [0.1, 0.15) is 46.0 Å². The summed E-state index contributed by atoms with van der Waals surface area (Å²) in [7, 11) is 0. The minimum atomic E-state index is -0.315. The zero-order chi connectivity index (χ0) is 15.5. The van der Waals surface area contributed by atoms with E-state index in [-0.39, 0.29) is 17.2 Å². The van der Waals surface area contributed by atoms with Crippen LogP contribution in [0.15, 0.2) is 0 Å². The number of nitrogens with zero attached hydrogens (tertiary/aromatic N) is 2. The van der Waals surface area contributed by atoms with E-state index >= 15 is 0 Å². The number of rotatable bonds is 4. The minimum Gasteiger partial charge on any atom is -0.339 e. The van der Waals surface area contributed by atoms with Crippen LogP contribution < -0.4 is 5.73 Å². The minimum absolute atomic E-state index is 0.214. The number of carbonyl (C=O) groups is 2. The molecule has 0 aromatic heterocycles. The first-order valence-electron chi connectivity index (χ1n) is 8.26. The summed E-state index contributed by atoms with van der Waals surface area (Å²) in [5.74, 6) is 0.820. The van der Waals surface area contributed by atoms with Crippen LogP contribution in [-0.4, -0.2) is 54.3 Å². The van der Waals surface area contributed by atoms with Crippen molar-refractivity contribution in [1.29, 1.82) is 0 Å². The Morgan fingerprint density at radius 2 is 1.57 bits per heavy atom. The van der Waals surface area contributed by atoms with Crippen molar-refractivity contribution in [1.82, 2.24) is 9.80 Å². The van der Waals surface area contributed by atoms with Crippen molar-refractivity contribution in [2.75, 3.05) is 32.7 Å². The van der Waals surface area contributed by atoms with E-state index in [1.54, 1.807) is 0 Å². The van der Waals surface area contributed by atoms with E-state index in [2.05, 4.69) is 13.8 Å². The van der Waals surface area contributed by atoms with Gasteiger partial charge in [-0.25, -0.2) is 0 Å². The highest BCUT2D eigenvalue weighted by Gasteiger charge is 2.43. The quantitative estimate of drug-likeness (QED) is 0.848. The lowest BCUT2D eigenvalue weighted by Gasteiger charge is -2.39. The van der Waals surface area contributed by atoms with Crippen molar-refractivity contribution in [3.05, 3.63) is 0 Å². The molecule has 0 spiro atoms. The second-order valence-corrected chi connectivity index (χ2v) is 6.96. The number of amides is 2. The molecule has 5 nitrogen and oxygen atoms in total. The van der Waals surface area contributed by atoms with Crippen LogP contribution in [0.2, 0.25) is 0 Å². The summed E-state index contributed by atoms with van der Waals surface area (Å²) >= 11 is 0. The van der Waals surface area contributed by atoms with Gasteiger partial charge in [0.25, 0.3) is 0 Å². The van der Waals surface area contributed by atoms with E-state index in [1.807, 2.05) is 9.80 Å². The SMILES string of the molecule is CC(C)CC(=O)N1CCN(C(=O)C2(CN)CCCC2)CC1. The maximum Gasteiger partial charge on any atom is 0.230 e. The molecule has 0 unspecified atom stereocenters. The van der Waals surface area contributed by atoms with E-state index < -0.39 is 0 Å². The molecule has 2 rings (SSSR count). The smallest absolute Gasteiger partial charge is 0.230 e. The second kappa shape index (κ2) is 6.77. The Labute approximate surface area is 127 Å². The fraction of sp³-hybridized carbons (Fsp3) is 0.875. The van der Waals surface area contributed by atoms with Gasteiger partial charge in [0.2, 0.25) is 11.8 Å². The van der Waals surface area contributed by atoms with E-state index in [0.717, 1.165) is 25.7 Å². The third-order valence-electron chi connectivity index (χ3n) is 4.91. The number of piperazine rings is 1. The summed E-state index contributed by atoms with van der Waals surface area (Å²) < 4.78 is 0. The molecule has 0 bridgehead atoms. The average molecular weight is 295 g/mol. The normalized spacial score (nSPS) is 21.9. The Morgan fingerprint density at radius 3 is 2.05 bits per heavy atom. The molecule has 120 valence electrons. The van der Waals surface area contributed by atoms with Crippen molar-refractivity contribution in [2.24, 2.45) is 17.1 Å². The van der Waals surface area contributed by atoms with Crippen molar-refractivity contribution in [2.45, 2.75) is 46.0 Å². The largest absolute Gasteiger partial charge is 0.339 e. The Kier molecular flexibility index (Phi) is 5.25. The van der Waals surface area contributed by atoms with Gasteiger partial charge in [0, 0.05) is 39.1 Å². The van der Waals surface area contributed by atoms with E-state index in [9.17, 15) is 9.59 Å². The van der Waals surface area contributed by atoms with Gasteiger partial charge in [-0.15, -0.1) is 0 Å². The summed E-state index contributed by atoms with van der Waals surface area (Å²) in [5, 5.41) is 0. The van der Waals surface area contributed by atoms with Gasteiger partial charge >= 0.3 is 0 Å². The van der Waals surface area contributed by atoms with Gasteiger partial charge in [0.15, 0.2) is 0 Å². The molecule has 21 heavy (non-hydrogen) atoms. The second-order valence-electron chi connectivity index (χ2n) is 6.96. The molecule has 2 N–H and O–H groups in total. The van der Waals surface area contributed by atoms with Gasteiger partial charge in [-0.05, 0) is 18.8 Å². The first kappa shape index (κ1) is 16.3. The van der Waals surface area contributed by atoms with E-state index in [0.29, 0.717) is 45.1 Å². The number of hydrogen-bond donors (Lipinski definition) is 1. The maximum absolute atomic E-state index is 12.8. The fourth-order valence-electron chi connectivity index (χ4n) is 3.53. The van der Waals surface area contributed by atoms with E-state index in [4.69, 9.17) is 5.73 Å². The molecule has 1 heterocycles. The van der Waals surface area contributed by atoms with Crippen molar-refractivity contribution in [3.63, 3.8) is 0 Å². The molecule has 5 heteroatoms. The monoisotopic (exact) mass is 295 g/mol. The maximum atomic E-state index is 12.8. The van der Waals surface area contributed by atoms with Crippen LogP contribution in [0.25, 0.3) is 0 Å². The molecule has 1 aliphatic carbocycles. The Balaban J connectivity index is 1.89. The lowest BCUT2D eigenvalue weighted by atomic mass is 9.84. The lowest BCUT2D eigenvalue weighted by Crippen LogP contribution is -2.55. The van der Waals surface area contributed by atoms with Crippen molar-refractivity contribution in [3.8, 4) is 0 Å². The van der Waals surface area contributed by atoms with Crippen LogP contribution >= 0.6 is 0 Å². The van der Waals surface area contributed by atoms with Gasteiger partial charge in [0.05, 0.1) is 5.41 Å². The molecule has 0 radical (unpaired) electrons. The third kappa shape index (κ3) is 3.57. The predicted molar refractivity (Wildman–Crippen MR) is 82.6 cm³/mol. The van der Waals surface area contributed by atoms with Crippen LogP contribution in [0, 0.1) is 11.3 Å². The number of carbonyl (C=O) groups excluding carboxylic acids is 2.